The molecule has 0 aliphatic carbocycles. The fourth-order valence-electron chi connectivity index (χ4n) is 3.43. The van der Waals surface area contributed by atoms with Crippen LogP contribution < -0.4 is 20.7 Å². The zero-order valence-electron chi connectivity index (χ0n) is 13.1. The van der Waals surface area contributed by atoms with E-state index >= 15 is 0 Å². The van der Waals surface area contributed by atoms with E-state index in [0.717, 1.165) is 17.0 Å². The summed E-state index contributed by atoms with van der Waals surface area (Å²) < 4.78 is 6.13. The van der Waals surface area contributed by atoms with Crippen LogP contribution in [0.4, 0.5) is 10.5 Å². The molecule has 1 fully saturated rings. The van der Waals surface area contributed by atoms with Gasteiger partial charge in [-0.05, 0) is 25.1 Å². The number of hydrogen-bond acceptors (Lipinski definition) is 3. The average molecular weight is 339 g/mol. The molecule has 3 N–H and O–H groups in total. The van der Waals surface area contributed by atoms with E-state index in [-0.39, 0.29) is 18.0 Å². The molecule has 0 spiro atoms. The lowest BCUT2D eigenvalue weighted by atomic mass is 9.80. The van der Waals surface area contributed by atoms with E-state index in [1.807, 2.05) is 61.5 Å². The first-order valence-electron chi connectivity index (χ1n) is 7.79. The number of urea groups is 1. The highest BCUT2D eigenvalue weighted by atomic mass is 32.1. The number of anilines is 1. The standard InChI is InChI=1S/C18H17N3O2S/c1-18-14(16(24)19-11-7-3-2-4-8-11)15(20-17(22)21-18)12-9-5-6-10-13(12)23-18/h2-10,14-15H,1H3,(H,19,24)(H2,20,21,22)/t14-,15-,18+/m0/s1. The van der Waals surface area contributed by atoms with Crippen LogP contribution in [0.15, 0.2) is 54.6 Å². The van der Waals surface area contributed by atoms with E-state index in [1.54, 1.807) is 0 Å². The topological polar surface area (TPSA) is 62.4 Å². The first-order chi connectivity index (χ1) is 11.6. The third-order valence-electron chi connectivity index (χ3n) is 4.47. The molecule has 0 aromatic heterocycles. The maximum Gasteiger partial charge on any atom is 0.318 e. The van der Waals surface area contributed by atoms with Crippen molar-refractivity contribution >= 4 is 28.9 Å². The molecule has 6 heteroatoms. The number of amides is 2. The lowest BCUT2D eigenvalue weighted by Gasteiger charge is -2.50. The molecule has 2 aromatic rings. The summed E-state index contributed by atoms with van der Waals surface area (Å²) in [7, 11) is 0. The first kappa shape index (κ1) is 15.0. The van der Waals surface area contributed by atoms with E-state index in [9.17, 15) is 4.79 Å². The Kier molecular flexibility index (Phi) is 3.42. The van der Waals surface area contributed by atoms with Gasteiger partial charge in [0.2, 0.25) is 0 Å². The molecule has 2 aromatic carbocycles. The zero-order valence-corrected chi connectivity index (χ0v) is 13.9. The normalized spacial score (nSPS) is 27.1. The van der Waals surface area contributed by atoms with Gasteiger partial charge in [-0.1, -0.05) is 48.6 Å². The van der Waals surface area contributed by atoms with Crippen LogP contribution in [0.1, 0.15) is 18.5 Å². The number of thiocarbonyl (C=S) groups is 1. The Morgan fingerprint density at radius 2 is 1.88 bits per heavy atom. The average Bonchev–Trinajstić information content (AvgIpc) is 2.54. The van der Waals surface area contributed by atoms with Crippen molar-refractivity contribution in [1.29, 1.82) is 0 Å². The van der Waals surface area contributed by atoms with Gasteiger partial charge < -0.3 is 15.4 Å². The van der Waals surface area contributed by atoms with E-state index in [4.69, 9.17) is 17.0 Å². The van der Waals surface area contributed by atoms with Gasteiger partial charge in [0.25, 0.3) is 0 Å². The van der Waals surface area contributed by atoms with Gasteiger partial charge in [0.05, 0.1) is 16.9 Å². The van der Waals surface area contributed by atoms with Crippen LogP contribution in [0.3, 0.4) is 0 Å². The van der Waals surface area contributed by atoms with Gasteiger partial charge in [0, 0.05) is 11.3 Å². The molecule has 3 atom stereocenters. The number of para-hydroxylation sites is 2. The lowest BCUT2D eigenvalue weighted by Crippen LogP contribution is -2.70. The zero-order chi connectivity index (χ0) is 16.7. The molecular formula is C18H17N3O2S. The van der Waals surface area contributed by atoms with Crippen molar-refractivity contribution in [2.45, 2.75) is 18.7 Å². The minimum absolute atomic E-state index is 0.236. The number of benzene rings is 2. The molecule has 122 valence electrons. The van der Waals surface area contributed by atoms with Crippen LogP contribution in [0.2, 0.25) is 0 Å². The van der Waals surface area contributed by atoms with Crippen LogP contribution in [-0.4, -0.2) is 16.7 Å². The Bertz CT molecular complexity index is 811. The van der Waals surface area contributed by atoms with Gasteiger partial charge in [-0.15, -0.1) is 0 Å². The summed E-state index contributed by atoms with van der Waals surface area (Å²) in [5.74, 6) is 0.525. The first-order valence-corrected chi connectivity index (χ1v) is 8.20. The molecule has 2 aliphatic rings. The third kappa shape index (κ3) is 2.39. The Morgan fingerprint density at radius 1 is 1.17 bits per heavy atom. The lowest BCUT2D eigenvalue weighted by molar-refractivity contribution is -0.0157. The van der Waals surface area contributed by atoms with Crippen LogP contribution >= 0.6 is 12.2 Å². The van der Waals surface area contributed by atoms with Gasteiger partial charge in [0.15, 0.2) is 5.72 Å². The minimum Gasteiger partial charge on any atom is -0.467 e. The second kappa shape index (κ2) is 5.49. The molecule has 5 nitrogen and oxygen atoms in total. The van der Waals surface area contributed by atoms with Gasteiger partial charge in [-0.3, -0.25) is 5.32 Å². The van der Waals surface area contributed by atoms with E-state index in [2.05, 4.69) is 16.0 Å². The quantitative estimate of drug-likeness (QED) is 0.735. The molecule has 24 heavy (non-hydrogen) atoms. The van der Waals surface area contributed by atoms with Crippen molar-refractivity contribution in [2.75, 3.05) is 5.32 Å². The largest absolute Gasteiger partial charge is 0.467 e. The third-order valence-corrected chi connectivity index (χ3v) is 4.83. The highest BCUT2D eigenvalue weighted by Crippen LogP contribution is 2.45. The van der Waals surface area contributed by atoms with E-state index in [0.29, 0.717) is 4.99 Å². The monoisotopic (exact) mass is 339 g/mol. The van der Waals surface area contributed by atoms with Gasteiger partial charge in [-0.2, -0.15) is 0 Å². The SMILES string of the molecule is C[C@@]12NC(=O)N[C@@H](c3ccccc3O1)[C@H]2C(=S)Nc1ccccc1. The second-order valence-electron chi connectivity index (χ2n) is 6.16. The van der Waals surface area contributed by atoms with Crippen molar-refractivity contribution in [1.82, 2.24) is 10.6 Å². The molecule has 0 unspecified atom stereocenters. The van der Waals surface area contributed by atoms with Crippen LogP contribution in [0.25, 0.3) is 0 Å². The summed E-state index contributed by atoms with van der Waals surface area (Å²) in [5, 5.41) is 9.14. The molecular weight excluding hydrogens is 322 g/mol. The Hall–Kier alpha value is -2.60. The van der Waals surface area contributed by atoms with Crippen LogP contribution in [0.5, 0.6) is 5.75 Å². The molecule has 1 saturated heterocycles. The summed E-state index contributed by atoms with van der Waals surface area (Å²) in [4.78, 5) is 12.7. The van der Waals surface area contributed by atoms with E-state index < -0.39 is 5.72 Å². The van der Waals surface area contributed by atoms with Crippen LogP contribution in [-0.2, 0) is 0 Å². The number of nitrogens with one attached hydrogen (secondary N) is 3. The molecule has 0 saturated carbocycles. The predicted octanol–water partition coefficient (Wildman–Crippen LogP) is 3.20. The summed E-state index contributed by atoms with van der Waals surface area (Å²) in [6.45, 7) is 1.86. The maximum absolute atomic E-state index is 12.1. The molecule has 2 amide bonds. The summed E-state index contributed by atoms with van der Waals surface area (Å²) in [6.07, 6.45) is 0. The van der Waals surface area contributed by atoms with Crippen molar-refractivity contribution in [3.8, 4) is 5.75 Å². The number of hydrogen-bond donors (Lipinski definition) is 3. The van der Waals surface area contributed by atoms with Crippen LogP contribution in [0, 0.1) is 5.92 Å². The number of carbonyl (C=O) groups is 1. The molecule has 4 rings (SSSR count). The van der Waals surface area contributed by atoms with Gasteiger partial charge in [-0.25, -0.2) is 4.79 Å². The van der Waals surface area contributed by atoms with E-state index in [1.165, 1.54) is 0 Å². The number of fused-ring (bicyclic) bond motifs is 4. The van der Waals surface area contributed by atoms with Crippen molar-refractivity contribution in [2.24, 2.45) is 5.92 Å². The Balaban J connectivity index is 1.72. The minimum atomic E-state index is -0.903. The number of rotatable bonds is 2. The number of carbonyl (C=O) groups excluding carboxylic acids is 1. The predicted molar refractivity (Wildman–Crippen MR) is 96.0 cm³/mol. The fourth-order valence-corrected chi connectivity index (χ4v) is 3.91. The Labute approximate surface area is 145 Å². The van der Waals surface area contributed by atoms with Gasteiger partial charge in [0.1, 0.15) is 5.75 Å². The van der Waals surface area contributed by atoms with Crippen molar-refractivity contribution < 1.29 is 9.53 Å². The fraction of sp³-hybridized carbons (Fsp3) is 0.222. The molecule has 2 heterocycles. The maximum atomic E-state index is 12.1. The summed E-state index contributed by atoms with van der Waals surface area (Å²) in [6, 6.07) is 17.0. The molecule has 2 bridgehead atoms. The van der Waals surface area contributed by atoms with Gasteiger partial charge >= 0.3 is 6.03 Å². The smallest absolute Gasteiger partial charge is 0.318 e. The highest BCUT2D eigenvalue weighted by molar-refractivity contribution is 7.80. The second-order valence-corrected chi connectivity index (χ2v) is 6.60. The highest BCUT2D eigenvalue weighted by Gasteiger charge is 2.53. The summed E-state index contributed by atoms with van der Waals surface area (Å²) >= 11 is 5.67. The number of ether oxygens (including phenoxy) is 1. The molecule has 2 aliphatic heterocycles. The van der Waals surface area contributed by atoms with Crippen molar-refractivity contribution in [3.05, 3.63) is 60.2 Å². The molecule has 0 radical (unpaired) electrons. The van der Waals surface area contributed by atoms with Crippen molar-refractivity contribution in [3.63, 3.8) is 0 Å². The Morgan fingerprint density at radius 3 is 2.67 bits per heavy atom. The summed E-state index contributed by atoms with van der Waals surface area (Å²) in [5.41, 5.74) is 0.946.